The van der Waals surface area contributed by atoms with E-state index in [-0.39, 0.29) is 11.3 Å². The molecule has 0 saturated carbocycles. The van der Waals surface area contributed by atoms with Crippen molar-refractivity contribution in [3.8, 4) is 0 Å². The van der Waals surface area contributed by atoms with E-state index < -0.39 is 0 Å². The van der Waals surface area contributed by atoms with Gasteiger partial charge in [0.2, 0.25) is 0 Å². The molecule has 1 aromatic rings. The fourth-order valence-corrected chi connectivity index (χ4v) is 3.27. The number of ether oxygens (including phenoxy) is 1. The molecule has 4 heteroatoms. The van der Waals surface area contributed by atoms with E-state index in [0.29, 0.717) is 10.6 Å². The second-order valence-corrected chi connectivity index (χ2v) is 6.09. The van der Waals surface area contributed by atoms with E-state index in [4.69, 9.17) is 16.3 Å². The Labute approximate surface area is 118 Å². The molecule has 0 aromatic heterocycles. The average Bonchev–Trinajstić information content (AvgIpc) is 3.03. The summed E-state index contributed by atoms with van der Waals surface area (Å²) in [5, 5.41) is 0.580. The maximum Gasteiger partial charge on any atom is 0.255 e. The minimum absolute atomic E-state index is 0.0532. The number of halogens is 1. The Hall–Kier alpha value is -1.06. The summed E-state index contributed by atoms with van der Waals surface area (Å²) in [6.07, 6.45) is 2.11. The molecule has 1 aromatic carbocycles. The van der Waals surface area contributed by atoms with Gasteiger partial charge in [-0.2, -0.15) is 0 Å². The zero-order chi connectivity index (χ0) is 13.5. The first kappa shape index (κ1) is 12.9. The fourth-order valence-electron chi connectivity index (χ4n) is 3.06. The van der Waals surface area contributed by atoms with Crippen molar-refractivity contribution in [3.05, 3.63) is 34.3 Å². The fraction of sp³-hybridized carbons (Fsp3) is 0.533. The molecule has 2 heterocycles. The first-order chi connectivity index (χ1) is 9.11. The van der Waals surface area contributed by atoms with Crippen LogP contribution in [0.5, 0.6) is 0 Å². The van der Waals surface area contributed by atoms with Crippen LogP contribution in [0.4, 0.5) is 0 Å². The number of rotatable bonds is 1. The van der Waals surface area contributed by atoms with E-state index >= 15 is 0 Å². The van der Waals surface area contributed by atoms with Crippen LogP contribution in [0, 0.1) is 12.3 Å². The highest BCUT2D eigenvalue weighted by molar-refractivity contribution is 6.34. The van der Waals surface area contributed by atoms with E-state index in [2.05, 4.69) is 0 Å². The molecule has 2 aliphatic rings. The Morgan fingerprint density at radius 3 is 3.00 bits per heavy atom. The number of carbonyl (C=O) groups excluding carboxylic acids is 1. The Kier molecular flexibility index (Phi) is 3.27. The standard InChI is InChI=1S/C15H18ClNO2/c1-11-3-2-4-12(13(11)16)14(18)17-7-5-15(9-17)6-8-19-10-15/h2-4H,5-10H2,1H3/t15-/m1/s1. The predicted octanol–water partition coefficient (Wildman–Crippen LogP) is 2.90. The summed E-state index contributed by atoms with van der Waals surface area (Å²) < 4.78 is 5.49. The van der Waals surface area contributed by atoms with E-state index in [1.165, 1.54) is 0 Å². The van der Waals surface area contributed by atoms with Gasteiger partial charge >= 0.3 is 0 Å². The molecule has 1 amide bonds. The Morgan fingerprint density at radius 1 is 1.42 bits per heavy atom. The van der Waals surface area contributed by atoms with Crippen LogP contribution in [0.1, 0.15) is 28.8 Å². The van der Waals surface area contributed by atoms with Crippen molar-refractivity contribution >= 4 is 17.5 Å². The summed E-state index contributed by atoms with van der Waals surface area (Å²) in [5.74, 6) is 0.0532. The van der Waals surface area contributed by atoms with Gasteiger partial charge in [-0.05, 0) is 31.4 Å². The van der Waals surface area contributed by atoms with Gasteiger partial charge in [0.1, 0.15) is 0 Å². The largest absolute Gasteiger partial charge is 0.381 e. The van der Waals surface area contributed by atoms with Gasteiger partial charge in [0.05, 0.1) is 17.2 Å². The number of nitrogens with zero attached hydrogens (tertiary/aromatic N) is 1. The molecule has 2 aliphatic heterocycles. The Morgan fingerprint density at radius 2 is 2.26 bits per heavy atom. The summed E-state index contributed by atoms with van der Waals surface area (Å²) in [5.41, 5.74) is 1.77. The highest BCUT2D eigenvalue weighted by Gasteiger charge is 2.43. The molecule has 0 radical (unpaired) electrons. The third-order valence-corrected chi connectivity index (χ3v) is 4.83. The third-order valence-electron chi connectivity index (χ3n) is 4.33. The van der Waals surface area contributed by atoms with Crippen LogP contribution < -0.4 is 0 Å². The molecule has 19 heavy (non-hydrogen) atoms. The molecule has 1 atom stereocenters. The lowest BCUT2D eigenvalue weighted by Gasteiger charge is -2.22. The first-order valence-corrected chi connectivity index (χ1v) is 7.11. The van der Waals surface area contributed by atoms with Gasteiger partial charge in [-0.3, -0.25) is 4.79 Å². The van der Waals surface area contributed by atoms with Crippen LogP contribution in [0.15, 0.2) is 18.2 Å². The van der Waals surface area contributed by atoms with Crippen molar-refractivity contribution in [1.29, 1.82) is 0 Å². The number of carbonyl (C=O) groups is 1. The van der Waals surface area contributed by atoms with Crippen molar-refractivity contribution in [1.82, 2.24) is 4.90 Å². The van der Waals surface area contributed by atoms with Gasteiger partial charge < -0.3 is 9.64 Å². The van der Waals surface area contributed by atoms with Crippen LogP contribution >= 0.6 is 11.6 Å². The molecule has 102 valence electrons. The lowest BCUT2D eigenvalue weighted by Crippen LogP contribution is -2.32. The van der Waals surface area contributed by atoms with Crippen molar-refractivity contribution in [2.75, 3.05) is 26.3 Å². The van der Waals surface area contributed by atoms with E-state index in [1.54, 1.807) is 0 Å². The second-order valence-electron chi connectivity index (χ2n) is 5.72. The molecule has 0 N–H and O–H groups in total. The minimum atomic E-state index is 0.0532. The monoisotopic (exact) mass is 279 g/mol. The van der Waals surface area contributed by atoms with Gasteiger partial charge in [-0.15, -0.1) is 0 Å². The number of amides is 1. The van der Waals surface area contributed by atoms with Crippen LogP contribution in [0.2, 0.25) is 5.02 Å². The van der Waals surface area contributed by atoms with Gasteiger partial charge in [0.25, 0.3) is 5.91 Å². The summed E-state index contributed by atoms with van der Waals surface area (Å²) in [7, 11) is 0. The van der Waals surface area contributed by atoms with Crippen LogP contribution in [0.3, 0.4) is 0 Å². The van der Waals surface area contributed by atoms with Gasteiger partial charge in [0, 0.05) is 25.1 Å². The molecule has 0 unspecified atom stereocenters. The lowest BCUT2D eigenvalue weighted by atomic mass is 9.87. The summed E-state index contributed by atoms with van der Waals surface area (Å²) in [4.78, 5) is 14.5. The quantitative estimate of drug-likeness (QED) is 0.791. The van der Waals surface area contributed by atoms with Gasteiger partial charge in [0.15, 0.2) is 0 Å². The SMILES string of the molecule is Cc1cccc(C(=O)N2CC[C@@]3(CCOC3)C2)c1Cl. The zero-order valence-electron chi connectivity index (χ0n) is 11.1. The van der Waals surface area contributed by atoms with Crippen LogP contribution in [-0.4, -0.2) is 37.1 Å². The molecule has 2 saturated heterocycles. The maximum atomic E-state index is 12.6. The zero-order valence-corrected chi connectivity index (χ0v) is 11.9. The summed E-state index contributed by atoms with van der Waals surface area (Å²) in [6, 6.07) is 5.63. The lowest BCUT2D eigenvalue weighted by molar-refractivity contribution is 0.0766. The first-order valence-electron chi connectivity index (χ1n) is 6.73. The minimum Gasteiger partial charge on any atom is -0.381 e. The van der Waals surface area contributed by atoms with E-state index in [9.17, 15) is 4.79 Å². The topological polar surface area (TPSA) is 29.5 Å². The molecular weight excluding hydrogens is 262 g/mol. The van der Waals surface area contributed by atoms with Gasteiger partial charge in [-0.1, -0.05) is 23.7 Å². The van der Waals surface area contributed by atoms with Crippen molar-refractivity contribution in [2.24, 2.45) is 5.41 Å². The highest BCUT2D eigenvalue weighted by Crippen LogP contribution is 2.39. The smallest absolute Gasteiger partial charge is 0.255 e. The molecule has 3 nitrogen and oxygen atoms in total. The predicted molar refractivity (Wildman–Crippen MR) is 74.6 cm³/mol. The summed E-state index contributed by atoms with van der Waals surface area (Å²) >= 11 is 6.25. The molecular formula is C15H18ClNO2. The van der Waals surface area contributed by atoms with Crippen molar-refractivity contribution in [2.45, 2.75) is 19.8 Å². The molecule has 0 bridgehead atoms. The van der Waals surface area contributed by atoms with E-state index in [1.807, 2.05) is 30.0 Å². The summed E-state index contributed by atoms with van der Waals surface area (Å²) in [6.45, 7) is 5.16. The molecule has 3 rings (SSSR count). The Balaban J connectivity index is 1.80. The molecule has 0 aliphatic carbocycles. The van der Waals surface area contributed by atoms with Crippen molar-refractivity contribution in [3.63, 3.8) is 0 Å². The number of benzene rings is 1. The molecule has 2 fully saturated rings. The Bertz CT molecular complexity index is 509. The maximum absolute atomic E-state index is 12.6. The van der Waals surface area contributed by atoms with Crippen LogP contribution in [-0.2, 0) is 4.74 Å². The number of hydrogen-bond donors (Lipinski definition) is 0. The van der Waals surface area contributed by atoms with Crippen molar-refractivity contribution < 1.29 is 9.53 Å². The second kappa shape index (κ2) is 4.80. The van der Waals surface area contributed by atoms with E-state index in [0.717, 1.165) is 44.7 Å². The number of aryl methyl sites for hydroxylation is 1. The average molecular weight is 280 g/mol. The normalized spacial score (nSPS) is 26.3. The highest BCUT2D eigenvalue weighted by atomic mass is 35.5. The third kappa shape index (κ3) is 2.26. The van der Waals surface area contributed by atoms with Gasteiger partial charge in [-0.25, -0.2) is 0 Å². The number of likely N-dealkylation sites (tertiary alicyclic amines) is 1. The number of hydrogen-bond acceptors (Lipinski definition) is 2. The van der Waals surface area contributed by atoms with Crippen LogP contribution in [0.25, 0.3) is 0 Å². The molecule has 1 spiro atoms.